The number of rotatable bonds is 5. The van der Waals surface area contributed by atoms with Crippen molar-refractivity contribution in [2.24, 2.45) is 5.92 Å². The van der Waals surface area contributed by atoms with Crippen molar-refractivity contribution in [3.63, 3.8) is 0 Å². The highest BCUT2D eigenvalue weighted by atomic mass is 16.5. The summed E-state index contributed by atoms with van der Waals surface area (Å²) in [4.78, 5) is 4.03. The molecule has 0 saturated carbocycles. The Kier molecular flexibility index (Phi) is 4.56. The van der Waals surface area contributed by atoms with Crippen molar-refractivity contribution in [1.29, 1.82) is 0 Å². The number of pyridine rings is 1. The molecular formula is C12H19NO2. The Morgan fingerprint density at radius 2 is 2.20 bits per heavy atom. The van der Waals surface area contributed by atoms with E-state index in [0.717, 1.165) is 18.4 Å². The van der Waals surface area contributed by atoms with Gasteiger partial charge in [-0.1, -0.05) is 20.3 Å². The van der Waals surface area contributed by atoms with Crippen LogP contribution in [-0.2, 0) is 0 Å². The van der Waals surface area contributed by atoms with Gasteiger partial charge in [0.25, 0.3) is 0 Å². The summed E-state index contributed by atoms with van der Waals surface area (Å²) in [5.74, 6) is 0.944. The summed E-state index contributed by atoms with van der Waals surface area (Å²) in [6, 6.07) is 1.84. The van der Waals surface area contributed by atoms with Gasteiger partial charge in [-0.05, 0) is 18.4 Å². The van der Waals surface area contributed by atoms with Gasteiger partial charge < -0.3 is 9.84 Å². The summed E-state index contributed by atoms with van der Waals surface area (Å²) in [5, 5.41) is 10.0. The van der Waals surface area contributed by atoms with E-state index in [1.165, 1.54) is 0 Å². The Balaban J connectivity index is 2.76. The standard InChI is InChI=1S/C12H19NO2/c1-4-5-9(2)12(14)10-6-11(15-3)8-13-7-10/h6-9,12,14H,4-5H2,1-3H3. The first kappa shape index (κ1) is 12.0. The lowest BCUT2D eigenvalue weighted by atomic mass is 9.94. The normalized spacial score (nSPS) is 14.7. The number of hydrogen-bond donors (Lipinski definition) is 1. The summed E-state index contributed by atoms with van der Waals surface area (Å²) in [5.41, 5.74) is 0.829. The third kappa shape index (κ3) is 3.20. The lowest BCUT2D eigenvalue weighted by Crippen LogP contribution is -2.09. The first-order chi connectivity index (χ1) is 7.19. The minimum absolute atomic E-state index is 0.254. The average molecular weight is 209 g/mol. The molecule has 2 atom stereocenters. The van der Waals surface area contributed by atoms with Gasteiger partial charge in [-0.25, -0.2) is 0 Å². The quantitative estimate of drug-likeness (QED) is 0.810. The molecule has 15 heavy (non-hydrogen) atoms. The summed E-state index contributed by atoms with van der Waals surface area (Å²) in [6.07, 6.45) is 4.97. The third-order valence-corrected chi connectivity index (χ3v) is 2.59. The van der Waals surface area contributed by atoms with E-state index in [-0.39, 0.29) is 5.92 Å². The molecule has 0 amide bonds. The molecule has 3 nitrogen and oxygen atoms in total. The third-order valence-electron chi connectivity index (χ3n) is 2.59. The van der Waals surface area contributed by atoms with Crippen LogP contribution in [0.4, 0.5) is 0 Å². The second-order valence-electron chi connectivity index (χ2n) is 3.87. The molecule has 1 aromatic heterocycles. The molecule has 2 unspecified atom stereocenters. The molecule has 1 heterocycles. The molecule has 0 saturated heterocycles. The molecule has 0 radical (unpaired) electrons. The first-order valence-corrected chi connectivity index (χ1v) is 5.36. The van der Waals surface area contributed by atoms with Crippen molar-refractivity contribution in [2.45, 2.75) is 32.8 Å². The highest BCUT2D eigenvalue weighted by Crippen LogP contribution is 2.26. The largest absolute Gasteiger partial charge is 0.495 e. The maximum Gasteiger partial charge on any atom is 0.137 e. The number of ether oxygens (including phenoxy) is 1. The van der Waals surface area contributed by atoms with Gasteiger partial charge in [-0.2, -0.15) is 0 Å². The van der Waals surface area contributed by atoms with Gasteiger partial charge in [0, 0.05) is 11.8 Å². The topological polar surface area (TPSA) is 42.4 Å². The summed E-state index contributed by atoms with van der Waals surface area (Å²) in [7, 11) is 1.60. The molecule has 0 aliphatic heterocycles. The van der Waals surface area contributed by atoms with E-state index in [1.54, 1.807) is 19.5 Å². The van der Waals surface area contributed by atoms with Gasteiger partial charge in [-0.15, -0.1) is 0 Å². The fraction of sp³-hybridized carbons (Fsp3) is 0.583. The molecule has 1 aromatic rings. The molecule has 1 rings (SSSR count). The second kappa shape index (κ2) is 5.71. The van der Waals surface area contributed by atoms with Crippen molar-refractivity contribution < 1.29 is 9.84 Å². The maximum atomic E-state index is 10.0. The smallest absolute Gasteiger partial charge is 0.137 e. The van der Waals surface area contributed by atoms with E-state index in [9.17, 15) is 5.11 Å². The van der Waals surface area contributed by atoms with Crippen molar-refractivity contribution in [3.8, 4) is 5.75 Å². The molecule has 0 aliphatic carbocycles. The van der Waals surface area contributed by atoms with Crippen LogP contribution in [-0.4, -0.2) is 17.2 Å². The Morgan fingerprint density at radius 1 is 1.47 bits per heavy atom. The maximum absolute atomic E-state index is 10.0. The zero-order valence-corrected chi connectivity index (χ0v) is 9.60. The van der Waals surface area contributed by atoms with E-state index in [4.69, 9.17) is 4.74 Å². The highest BCUT2D eigenvalue weighted by Gasteiger charge is 2.16. The summed E-state index contributed by atoms with van der Waals surface area (Å²) >= 11 is 0. The van der Waals surface area contributed by atoms with Crippen LogP contribution < -0.4 is 4.74 Å². The SMILES string of the molecule is CCCC(C)C(O)c1cncc(OC)c1. The van der Waals surface area contributed by atoms with Gasteiger partial charge in [0.1, 0.15) is 5.75 Å². The van der Waals surface area contributed by atoms with Crippen LogP contribution in [0.3, 0.4) is 0 Å². The number of aliphatic hydroxyl groups is 1. The molecule has 0 aliphatic rings. The number of hydrogen-bond acceptors (Lipinski definition) is 3. The monoisotopic (exact) mass is 209 g/mol. The van der Waals surface area contributed by atoms with Crippen molar-refractivity contribution >= 4 is 0 Å². The zero-order chi connectivity index (χ0) is 11.3. The van der Waals surface area contributed by atoms with Gasteiger partial charge in [-0.3, -0.25) is 4.98 Å². The van der Waals surface area contributed by atoms with Gasteiger partial charge in [0.2, 0.25) is 0 Å². The molecule has 84 valence electrons. The molecule has 0 spiro atoms. The predicted octanol–water partition coefficient (Wildman–Crippen LogP) is 2.56. The number of aliphatic hydroxyl groups excluding tert-OH is 1. The van der Waals surface area contributed by atoms with E-state index in [2.05, 4.69) is 11.9 Å². The second-order valence-corrected chi connectivity index (χ2v) is 3.87. The molecule has 1 N–H and O–H groups in total. The van der Waals surface area contributed by atoms with Crippen LogP contribution in [0, 0.1) is 5.92 Å². The van der Waals surface area contributed by atoms with Crippen LogP contribution in [0.25, 0.3) is 0 Å². The lowest BCUT2D eigenvalue weighted by Gasteiger charge is -2.18. The van der Waals surface area contributed by atoms with Crippen LogP contribution in [0.15, 0.2) is 18.5 Å². The Hall–Kier alpha value is -1.09. The molecular weight excluding hydrogens is 190 g/mol. The summed E-state index contributed by atoms with van der Waals surface area (Å²) in [6.45, 7) is 4.17. The number of nitrogens with zero attached hydrogens (tertiary/aromatic N) is 1. The van der Waals surface area contributed by atoms with Crippen LogP contribution in [0.5, 0.6) is 5.75 Å². The van der Waals surface area contributed by atoms with Crippen molar-refractivity contribution in [2.75, 3.05) is 7.11 Å². The van der Waals surface area contributed by atoms with Crippen LogP contribution >= 0.6 is 0 Å². The van der Waals surface area contributed by atoms with Gasteiger partial charge in [0.05, 0.1) is 19.4 Å². The van der Waals surface area contributed by atoms with E-state index in [1.807, 2.05) is 13.0 Å². The predicted molar refractivity (Wildman–Crippen MR) is 59.8 cm³/mol. The van der Waals surface area contributed by atoms with Crippen LogP contribution in [0.1, 0.15) is 38.4 Å². The highest BCUT2D eigenvalue weighted by molar-refractivity contribution is 5.25. The lowest BCUT2D eigenvalue weighted by molar-refractivity contribution is 0.111. The van der Waals surface area contributed by atoms with Crippen molar-refractivity contribution in [1.82, 2.24) is 4.98 Å². The van der Waals surface area contributed by atoms with Gasteiger partial charge in [0.15, 0.2) is 0 Å². The Bertz CT molecular complexity index is 301. The fourth-order valence-corrected chi connectivity index (χ4v) is 1.65. The molecule has 0 bridgehead atoms. The average Bonchev–Trinajstić information content (AvgIpc) is 2.28. The first-order valence-electron chi connectivity index (χ1n) is 5.36. The Morgan fingerprint density at radius 3 is 2.80 bits per heavy atom. The number of methoxy groups -OCH3 is 1. The molecule has 0 fully saturated rings. The van der Waals surface area contributed by atoms with Crippen LogP contribution in [0.2, 0.25) is 0 Å². The zero-order valence-electron chi connectivity index (χ0n) is 9.60. The molecule has 0 aromatic carbocycles. The fourth-order valence-electron chi connectivity index (χ4n) is 1.65. The Labute approximate surface area is 91.1 Å². The minimum Gasteiger partial charge on any atom is -0.495 e. The van der Waals surface area contributed by atoms with E-state index >= 15 is 0 Å². The van der Waals surface area contributed by atoms with E-state index < -0.39 is 6.10 Å². The van der Waals surface area contributed by atoms with Gasteiger partial charge >= 0.3 is 0 Å². The molecule has 3 heteroatoms. The van der Waals surface area contributed by atoms with E-state index in [0.29, 0.717) is 5.75 Å². The van der Waals surface area contributed by atoms with Crippen molar-refractivity contribution in [3.05, 3.63) is 24.0 Å². The minimum atomic E-state index is -0.451. The summed E-state index contributed by atoms with van der Waals surface area (Å²) < 4.78 is 5.07. The number of aromatic nitrogens is 1.